The van der Waals surface area contributed by atoms with E-state index in [1.54, 1.807) is 7.11 Å². The molecule has 3 heteroatoms. The Labute approximate surface area is 121 Å². The van der Waals surface area contributed by atoms with Gasteiger partial charge in [-0.15, -0.1) is 0 Å². The van der Waals surface area contributed by atoms with E-state index in [1.165, 1.54) is 5.56 Å². The summed E-state index contributed by atoms with van der Waals surface area (Å²) in [6.45, 7) is 5.11. The second-order valence-electron chi connectivity index (χ2n) is 4.86. The minimum atomic E-state index is 0.254. The molecule has 0 saturated heterocycles. The molecule has 0 amide bonds. The number of hydrogen-bond acceptors (Lipinski definition) is 3. The van der Waals surface area contributed by atoms with Gasteiger partial charge in [0.15, 0.2) is 0 Å². The van der Waals surface area contributed by atoms with Gasteiger partial charge in [-0.3, -0.25) is 4.98 Å². The van der Waals surface area contributed by atoms with Crippen LogP contribution in [0.15, 0.2) is 42.6 Å². The summed E-state index contributed by atoms with van der Waals surface area (Å²) in [5, 5.41) is 3.52. The molecule has 106 valence electrons. The maximum Gasteiger partial charge on any atom is 0.122 e. The molecule has 1 atom stereocenters. The lowest BCUT2D eigenvalue weighted by Gasteiger charge is -2.19. The Kier molecular flexibility index (Phi) is 5.13. The molecular weight excluding hydrogens is 248 g/mol. The van der Waals surface area contributed by atoms with E-state index in [0.717, 1.165) is 30.0 Å². The average Bonchev–Trinajstić information content (AvgIpc) is 2.48. The van der Waals surface area contributed by atoms with Crippen molar-refractivity contribution in [2.24, 2.45) is 0 Å². The first-order valence-electron chi connectivity index (χ1n) is 7.02. The molecule has 0 radical (unpaired) electrons. The minimum absolute atomic E-state index is 0.254. The molecule has 0 saturated carbocycles. The Morgan fingerprint density at radius 3 is 2.75 bits per heavy atom. The van der Waals surface area contributed by atoms with Crippen LogP contribution >= 0.6 is 0 Å². The summed E-state index contributed by atoms with van der Waals surface area (Å²) in [7, 11) is 1.72. The Morgan fingerprint density at radius 1 is 1.25 bits per heavy atom. The summed E-state index contributed by atoms with van der Waals surface area (Å²) in [5.74, 6) is 0.937. The molecule has 1 heterocycles. The van der Waals surface area contributed by atoms with E-state index in [1.807, 2.05) is 18.3 Å². The number of methoxy groups -OCH3 is 1. The maximum absolute atomic E-state index is 5.42. The van der Waals surface area contributed by atoms with E-state index in [4.69, 9.17) is 4.74 Å². The Morgan fingerprint density at radius 2 is 2.10 bits per heavy atom. The molecule has 0 aliphatic heterocycles. The average molecular weight is 270 g/mol. The number of ether oxygens (including phenoxy) is 1. The standard InChI is InChI=1S/C17H22N2O/c1-4-18-16(12-15-7-5-6-10-19-15)14-9-8-13(2)17(11-14)20-3/h5-11,16,18H,4,12H2,1-3H3. The number of likely N-dealkylation sites (N-methyl/N-ethyl adjacent to an activating group) is 1. The largest absolute Gasteiger partial charge is 0.496 e. The van der Waals surface area contributed by atoms with E-state index in [2.05, 4.69) is 48.4 Å². The molecule has 1 N–H and O–H groups in total. The topological polar surface area (TPSA) is 34.2 Å². The van der Waals surface area contributed by atoms with Crippen molar-refractivity contribution in [1.29, 1.82) is 0 Å². The lowest BCUT2D eigenvalue weighted by molar-refractivity contribution is 0.409. The van der Waals surface area contributed by atoms with Crippen molar-refractivity contribution >= 4 is 0 Å². The fourth-order valence-electron chi connectivity index (χ4n) is 2.34. The van der Waals surface area contributed by atoms with Crippen LogP contribution in [0, 0.1) is 6.92 Å². The lowest BCUT2D eigenvalue weighted by Crippen LogP contribution is -2.23. The monoisotopic (exact) mass is 270 g/mol. The predicted octanol–water partition coefficient (Wildman–Crippen LogP) is 3.29. The van der Waals surface area contributed by atoms with Crippen LogP contribution < -0.4 is 10.1 Å². The van der Waals surface area contributed by atoms with E-state index < -0.39 is 0 Å². The first-order valence-corrected chi connectivity index (χ1v) is 7.02. The molecule has 2 aromatic rings. The highest BCUT2D eigenvalue weighted by molar-refractivity contribution is 5.38. The van der Waals surface area contributed by atoms with Gasteiger partial charge in [-0.05, 0) is 42.8 Å². The first-order chi connectivity index (χ1) is 9.74. The summed E-state index contributed by atoms with van der Waals surface area (Å²) >= 11 is 0. The molecule has 0 bridgehead atoms. The fourth-order valence-corrected chi connectivity index (χ4v) is 2.34. The summed E-state index contributed by atoms with van der Waals surface area (Å²) in [4.78, 5) is 4.42. The first kappa shape index (κ1) is 14.5. The fraction of sp³-hybridized carbons (Fsp3) is 0.353. The highest BCUT2D eigenvalue weighted by Gasteiger charge is 2.13. The predicted molar refractivity (Wildman–Crippen MR) is 82.1 cm³/mol. The van der Waals surface area contributed by atoms with Crippen molar-refractivity contribution < 1.29 is 4.74 Å². The molecule has 2 rings (SSSR count). The van der Waals surface area contributed by atoms with Crippen LogP contribution in [-0.2, 0) is 6.42 Å². The zero-order chi connectivity index (χ0) is 14.4. The van der Waals surface area contributed by atoms with Gasteiger partial charge in [0.25, 0.3) is 0 Å². The third-order valence-corrected chi connectivity index (χ3v) is 3.42. The highest BCUT2D eigenvalue weighted by atomic mass is 16.5. The van der Waals surface area contributed by atoms with Crippen molar-refractivity contribution in [1.82, 2.24) is 10.3 Å². The normalized spacial score (nSPS) is 12.2. The summed E-state index contributed by atoms with van der Waals surface area (Å²) in [6, 6.07) is 12.7. The van der Waals surface area contributed by atoms with Crippen LogP contribution in [0.25, 0.3) is 0 Å². The molecule has 1 aromatic heterocycles. The van der Waals surface area contributed by atoms with E-state index in [9.17, 15) is 0 Å². The minimum Gasteiger partial charge on any atom is -0.496 e. The van der Waals surface area contributed by atoms with Crippen molar-refractivity contribution in [2.45, 2.75) is 26.3 Å². The summed E-state index contributed by atoms with van der Waals surface area (Å²) in [5.41, 5.74) is 3.49. The van der Waals surface area contributed by atoms with Crippen LogP contribution in [0.1, 0.15) is 29.8 Å². The number of benzene rings is 1. The molecule has 0 spiro atoms. The molecular formula is C17H22N2O. The van der Waals surface area contributed by atoms with Crippen LogP contribution in [0.3, 0.4) is 0 Å². The van der Waals surface area contributed by atoms with Gasteiger partial charge in [0.2, 0.25) is 0 Å². The number of rotatable bonds is 6. The number of nitrogens with zero attached hydrogens (tertiary/aromatic N) is 1. The van der Waals surface area contributed by atoms with Crippen LogP contribution in [-0.4, -0.2) is 18.6 Å². The molecule has 1 unspecified atom stereocenters. The van der Waals surface area contributed by atoms with E-state index in [-0.39, 0.29) is 6.04 Å². The Bertz CT molecular complexity index is 540. The molecule has 20 heavy (non-hydrogen) atoms. The molecule has 0 aliphatic rings. The lowest BCUT2D eigenvalue weighted by atomic mass is 9.99. The van der Waals surface area contributed by atoms with Crippen molar-refractivity contribution in [3.05, 3.63) is 59.4 Å². The van der Waals surface area contributed by atoms with E-state index >= 15 is 0 Å². The van der Waals surface area contributed by atoms with Gasteiger partial charge in [-0.2, -0.15) is 0 Å². The number of aromatic nitrogens is 1. The zero-order valence-electron chi connectivity index (χ0n) is 12.4. The SMILES string of the molecule is CCNC(Cc1ccccn1)c1ccc(C)c(OC)c1. The zero-order valence-corrected chi connectivity index (χ0v) is 12.4. The molecule has 0 fully saturated rings. The maximum atomic E-state index is 5.42. The third-order valence-electron chi connectivity index (χ3n) is 3.42. The van der Waals surface area contributed by atoms with Crippen LogP contribution in [0.4, 0.5) is 0 Å². The molecule has 3 nitrogen and oxygen atoms in total. The quantitative estimate of drug-likeness (QED) is 0.874. The van der Waals surface area contributed by atoms with Crippen molar-refractivity contribution in [3.63, 3.8) is 0 Å². The Hall–Kier alpha value is -1.87. The second-order valence-corrected chi connectivity index (χ2v) is 4.86. The number of pyridine rings is 1. The van der Waals surface area contributed by atoms with Gasteiger partial charge in [-0.25, -0.2) is 0 Å². The number of aryl methyl sites for hydroxylation is 1. The van der Waals surface area contributed by atoms with Crippen molar-refractivity contribution in [3.8, 4) is 5.75 Å². The van der Waals surface area contributed by atoms with Crippen molar-refractivity contribution in [2.75, 3.05) is 13.7 Å². The Balaban J connectivity index is 2.24. The molecule has 1 aromatic carbocycles. The summed E-state index contributed by atoms with van der Waals surface area (Å²) < 4.78 is 5.42. The van der Waals surface area contributed by atoms with Gasteiger partial charge >= 0.3 is 0 Å². The third kappa shape index (κ3) is 3.58. The smallest absolute Gasteiger partial charge is 0.122 e. The number of hydrogen-bond donors (Lipinski definition) is 1. The second kappa shape index (κ2) is 7.06. The van der Waals surface area contributed by atoms with Gasteiger partial charge in [0, 0.05) is 24.4 Å². The van der Waals surface area contributed by atoms with Gasteiger partial charge in [0.05, 0.1) is 7.11 Å². The van der Waals surface area contributed by atoms with Crippen LogP contribution in [0.5, 0.6) is 5.75 Å². The highest BCUT2D eigenvalue weighted by Crippen LogP contribution is 2.25. The molecule has 0 aliphatic carbocycles. The summed E-state index contributed by atoms with van der Waals surface area (Å²) in [6.07, 6.45) is 2.72. The van der Waals surface area contributed by atoms with Crippen LogP contribution in [0.2, 0.25) is 0 Å². The van der Waals surface area contributed by atoms with Gasteiger partial charge in [-0.1, -0.05) is 25.1 Å². The van der Waals surface area contributed by atoms with Gasteiger partial charge < -0.3 is 10.1 Å². The number of nitrogens with one attached hydrogen (secondary N) is 1. The van der Waals surface area contributed by atoms with E-state index in [0.29, 0.717) is 0 Å². The van der Waals surface area contributed by atoms with Gasteiger partial charge in [0.1, 0.15) is 5.75 Å².